The Morgan fingerprint density at radius 2 is 2.42 bits per heavy atom. The van der Waals surface area contributed by atoms with Crippen LogP contribution >= 0.6 is 0 Å². The van der Waals surface area contributed by atoms with Crippen molar-refractivity contribution in [2.45, 2.75) is 12.8 Å². The topological polar surface area (TPSA) is 54.4 Å². The van der Waals surface area contributed by atoms with Crippen LogP contribution in [-0.2, 0) is 9.59 Å². The van der Waals surface area contributed by atoms with Crippen molar-refractivity contribution in [2.24, 2.45) is 0 Å². The van der Waals surface area contributed by atoms with Crippen LogP contribution in [0.3, 0.4) is 0 Å². The van der Waals surface area contributed by atoms with Gasteiger partial charge in [0.25, 0.3) is 0 Å². The SMILES string of the molecule is O=C=C1C=CCC/C1=C/C(=O)O. The zero-order valence-corrected chi connectivity index (χ0v) is 6.41. The molecule has 3 heteroatoms. The van der Waals surface area contributed by atoms with Crippen LogP contribution in [0.1, 0.15) is 12.8 Å². The molecule has 0 bridgehead atoms. The van der Waals surface area contributed by atoms with Gasteiger partial charge < -0.3 is 5.11 Å². The van der Waals surface area contributed by atoms with Crippen LogP contribution in [0.15, 0.2) is 29.4 Å². The Labute approximate surface area is 69.7 Å². The maximum absolute atomic E-state index is 10.3. The van der Waals surface area contributed by atoms with E-state index >= 15 is 0 Å². The molecule has 0 fully saturated rings. The number of carboxylic acid groups (broad SMARTS) is 1. The summed E-state index contributed by atoms with van der Waals surface area (Å²) in [5.41, 5.74) is 0.906. The van der Waals surface area contributed by atoms with Crippen LogP contribution in [0.2, 0.25) is 0 Å². The van der Waals surface area contributed by atoms with E-state index in [0.717, 1.165) is 12.5 Å². The zero-order valence-electron chi connectivity index (χ0n) is 6.41. The molecule has 1 aliphatic carbocycles. The van der Waals surface area contributed by atoms with E-state index < -0.39 is 5.97 Å². The lowest BCUT2D eigenvalue weighted by Gasteiger charge is -2.07. The van der Waals surface area contributed by atoms with Gasteiger partial charge >= 0.3 is 5.97 Å². The van der Waals surface area contributed by atoms with Crippen LogP contribution in [0.25, 0.3) is 0 Å². The van der Waals surface area contributed by atoms with E-state index in [-0.39, 0.29) is 0 Å². The molecule has 62 valence electrons. The number of carboxylic acids is 1. The molecule has 0 saturated carbocycles. The second-order valence-electron chi connectivity index (χ2n) is 2.46. The van der Waals surface area contributed by atoms with Gasteiger partial charge in [-0.25, -0.2) is 9.59 Å². The molecule has 0 aliphatic heterocycles. The minimum absolute atomic E-state index is 0.351. The lowest BCUT2D eigenvalue weighted by Crippen LogP contribution is -1.98. The number of allylic oxidation sites excluding steroid dienone is 4. The van der Waals surface area contributed by atoms with Crippen LogP contribution in [0.4, 0.5) is 0 Å². The van der Waals surface area contributed by atoms with Gasteiger partial charge in [-0.3, -0.25) is 0 Å². The molecule has 3 nitrogen and oxygen atoms in total. The Kier molecular flexibility index (Phi) is 2.62. The molecule has 0 unspecified atom stereocenters. The molecule has 0 aromatic carbocycles. The number of hydrogen-bond acceptors (Lipinski definition) is 2. The highest BCUT2D eigenvalue weighted by molar-refractivity contribution is 5.84. The van der Waals surface area contributed by atoms with Gasteiger partial charge in [0.1, 0.15) is 5.94 Å². The van der Waals surface area contributed by atoms with Crippen molar-refractivity contribution >= 4 is 11.9 Å². The first-order valence-electron chi connectivity index (χ1n) is 3.59. The van der Waals surface area contributed by atoms with Crippen molar-refractivity contribution in [3.8, 4) is 0 Å². The molecule has 0 spiro atoms. The summed E-state index contributed by atoms with van der Waals surface area (Å²) in [6.07, 6.45) is 5.88. The van der Waals surface area contributed by atoms with Gasteiger partial charge in [-0.1, -0.05) is 6.08 Å². The molecule has 1 N–H and O–H groups in total. The number of carbonyl (C=O) groups is 1. The van der Waals surface area contributed by atoms with Gasteiger partial charge in [0.05, 0.1) is 5.57 Å². The Bertz CT molecular complexity index is 304. The minimum Gasteiger partial charge on any atom is -0.478 e. The molecule has 0 heterocycles. The highest BCUT2D eigenvalue weighted by atomic mass is 16.4. The van der Waals surface area contributed by atoms with Crippen LogP contribution in [0, 0.1) is 0 Å². The summed E-state index contributed by atoms with van der Waals surface area (Å²) in [7, 11) is 0. The molecule has 1 aliphatic rings. The predicted octanol–water partition coefficient (Wildman–Crippen LogP) is 1.11. The maximum Gasteiger partial charge on any atom is 0.328 e. The molecular formula is C9H8O3. The van der Waals surface area contributed by atoms with Crippen LogP contribution in [0.5, 0.6) is 0 Å². The number of hydrogen-bond donors (Lipinski definition) is 1. The lowest BCUT2D eigenvalue weighted by atomic mass is 9.96. The summed E-state index contributed by atoms with van der Waals surface area (Å²) in [6, 6.07) is 0. The van der Waals surface area contributed by atoms with E-state index in [2.05, 4.69) is 0 Å². The predicted molar refractivity (Wildman–Crippen MR) is 43.3 cm³/mol. The molecule has 0 aromatic heterocycles. The van der Waals surface area contributed by atoms with Crippen molar-refractivity contribution in [2.75, 3.05) is 0 Å². The normalized spacial score (nSPS) is 19.3. The molecule has 1 rings (SSSR count). The first-order valence-corrected chi connectivity index (χ1v) is 3.59. The third kappa shape index (κ3) is 1.94. The maximum atomic E-state index is 10.3. The fraction of sp³-hybridized carbons (Fsp3) is 0.222. The average molecular weight is 164 g/mol. The molecule has 0 atom stereocenters. The largest absolute Gasteiger partial charge is 0.478 e. The van der Waals surface area contributed by atoms with Gasteiger partial charge in [-0.05, 0) is 24.5 Å². The first-order chi connectivity index (χ1) is 5.74. The van der Waals surface area contributed by atoms with Gasteiger partial charge in [-0.15, -0.1) is 0 Å². The van der Waals surface area contributed by atoms with E-state index in [4.69, 9.17) is 5.11 Å². The van der Waals surface area contributed by atoms with Gasteiger partial charge in [-0.2, -0.15) is 0 Å². The summed E-state index contributed by atoms with van der Waals surface area (Å²) in [5.74, 6) is 0.687. The number of rotatable bonds is 1. The van der Waals surface area contributed by atoms with Crippen molar-refractivity contribution < 1.29 is 14.7 Å². The van der Waals surface area contributed by atoms with Gasteiger partial charge in [0.2, 0.25) is 0 Å². The van der Waals surface area contributed by atoms with Gasteiger partial charge in [0.15, 0.2) is 0 Å². The van der Waals surface area contributed by atoms with E-state index in [9.17, 15) is 9.59 Å². The van der Waals surface area contributed by atoms with E-state index in [1.54, 1.807) is 12.0 Å². The third-order valence-electron chi connectivity index (χ3n) is 1.62. The quantitative estimate of drug-likeness (QED) is 0.466. The second-order valence-corrected chi connectivity index (χ2v) is 2.46. The van der Waals surface area contributed by atoms with Crippen molar-refractivity contribution in [1.82, 2.24) is 0 Å². The average Bonchev–Trinajstić information content (AvgIpc) is 2.04. The van der Waals surface area contributed by atoms with Gasteiger partial charge in [0, 0.05) is 6.08 Å². The Balaban J connectivity index is 2.98. The van der Waals surface area contributed by atoms with Crippen LogP contribution < -0.4 is 0 Å². The standard InChI is InChI=1S/C9H8O3/c10-6-8-4-2-1-3-7(8)5-9(11)12/h2,4-5H,1,3H2,(H,11,12)/b7-5-. The fourth-order valence-corrected chi connectivity index (χ4v) is 1.08. The monoisotopic (exact) mass is 164 g/mol. The molecule has 0 amide bonds. The summed E-state index contributed by atoms with van der Waals surface area (Å²) in [6.45, 7) is 0. The fourth-order valence-electron chi connectivity index (χ4n) is 1.08. The Morgan fingerprint density at radius 3 is 3.00 bits per heavy atom. The minimum atomic E-state index is -1.02. The van der Waals surface area contributed by atoms with Crippen molar-refractivity contribution in [1.29, 1.82) is 0 Å². The number of carbonyl (C=O) groups excluding carboxylic acids is 1. The smallest absolute Gasteiger partial charge is 0.328 e. The van der Waals surface area contributed by atoms with Crippen molar-refractivity contribution in [3.05, 3.63) is 29.4 Å². The summed E-state index contributed by atoms with van der Waals surface area (Å²) in [5, 5.41) is 8.44. The Morgan fingerprint density at radius 1 is 1.67 bits per heavy atom. The second kappa shape index (κ2) is 3.69. The van der Waals surface area contributed by atoms with E-state index in [0.29, 0.717) is 17.6 Å². The van der Waals surface area contributed by atoms with Crippen LogP contribution in [-0.4, -0.2) is 17.0 Å². The zero-order chi connectivity index (χ0) is 8.97. The third-order valence-corrected chi connectivity index (χ3v) is 1.62. The molecular weight excluding hydrogens is 156 g/mol. The molecule has 0 radical (unpaired) electrons. The highest BCUT2D eigenvalue weighted by Crippen LogP contribution is 2.20. The van der Waals surface area contributed by atoms with E-state index in [1.165, 1.54) is 0 Å². The Hall–Kier alpha value is -1.60. The number of aliphatic carboxylic acids is 1. The van der Waals surface area contributed by atoms with Crippen molar-refractivity contribution in [3.63, 3.8) is 0 Å². The molecule has 0 saturated heterocycles. The summed E-state index contributed by atoms with van der Waals surface area (Å²) < 4.78 is 0. The lowest BCUT2D eigenvalue weighted by molar-refractivity contribution is -0.131. The summed E-state index contributed by atoms with van der Waals surface area (Å²) in [4.78, 5) is 20.6. The van der Waals surface area contributed by atoms with E-state index in [1.807, 2.05) is 6.08 Å². The molecule has 12 heavy (non-hydrogen) atoms. The summed E-state index contributed by atoms with van der Waals surface area (Å²) >= 11 is 0. The highest BCUT2D eigenvalue weighted by Gasteiger charge is 2.08. The molecule has 0 aromatic rings. The first kappa shape index (κ1) is 8.50.